The molecule has 3 rings (SSSR count). The van der Waals surface area contributed by atoms with Gasteiger partial charge in [0.05, 0.1) is 26.4 Å². The third-order valence-electron chi connectivity index (χ3n) is 3.38. The normalized spacial score (nSPS) is 12.2. The number of aryl methyl sites for hydroxylation is 1. The molecule has 1 aromatic carbocycles. The zero-order chi connectivity index (χ0) is 15.4. The summed E-state index contributed by atoms with van der Waals surface area (Å²) >= 11 is 1.30. The maximum absolute atomic E-state index is 12.8. The number of aromatic nitrogens is 1. The van der Waals surface area contributed by atoms with Gasteiger partial charge in [0.25, 0.3) is 0 Å². The van der Waals surface area contributed by atoms with Gasteiger partial charge >= 0.3 is 6.18 Å². The van der Waals surface area contributed by atoms with Gasteiger partial charge < -0.3 is 0 Å². The second kappa shape index (κ2) is 4.53. The van der Waals surface area contributed by atoms with Crippen molar-refractivity contribution in [3.8, 4) is 10.6 Å². The highest BCUT2D eigenvalue weighted by atomic mass is 32.1. The predicted molar refractivity (Wildman–Crippen MR) is 77.0 cm³/mol. The molecule has 0 saturated carbocycles. The minimum absolute atomic E-state index is 0.0793. The van der Waals surface area contributed by atoms with Crippen LogP contribution in [0.2, 0.25) is 0 Å². The molecular formula is C15H10F3NOS. The van der Waals surface area contributed by atoms with E-state index in [0.29, 0.717) is 27.0 Å². The van der Waals surface area contributed by atoms with Crippen molar-refractivity contribution in [3.05, 3.63) is 51.2 Å². The van der Waals surface area contributed by atoms with Crippen molar-refractivity contribution in [1.82, 2.24) is 4.98 Å². The molecule has 1 aromatic rings. The van der Waals surface area contributed by atoms with Crippen LogP contribution in [0.1, 0.15) is 16.7 Å². The fourth-order valence-electron chi connectivity index (χ4n) is 2.20. The fourth-order valence-corrected chi connectivity index (χ4v) is 3.33. The molecule has 1 aliphatic heterocycles. The van der Waals surface area contributed by atoms with Crippen molar-refractivity contribution in [2.24, 2.45) is 0 Å². The Hall–Kier alpha value is -1.95. The van der Waals surface area contributed by atoms with E-state index in [1.165, 1.54) is 23.5 Å². The van der Waals surface area contributed by atoms with Crippen molar-refractivity contribution in [2.45, 2.75) is 20.0 Å². The molecule has 0 bridgehead atoms. The van der Waals surface area contributed by atoms with E-state index in [9.17, 15) is 18.0 Å². The smallest absolute Gasteiger partial charge is 0.290 e. The van der Waals surface area contributed by atoms with Crippen LogP contribution in [-0.2, 0) is 6.18 Å². The summed E-state index contributed by atoms with van der Waals surface area (Å²) in [5.41, 5.74) is 1.34. The minimum atomic E-state index is -4.39. The number of benzene rings is 2. The van der Waals surface area contributed by atoms with Gasteiger partial charge in [-0.25, -0.2) is 4.98 Å². The van der Waals surface area contributed by atoms with Crippen LogP contribution >= 0.6 is 11.3 Å². The van der Waals surface area contributed by atoms with Gasteiger partial charge in [-0.2, -0.15) is 13.2 Å². The van der Waals surface area contributed by atoms with E-state index < -0.39 is 11.7 Å². The number of rotatable bonds is 0. The molecule has 2 aliphatic rings. The summed E-state index contributed by atoms with van der Waals surface area (Å²) in [4.78, 5) is 16.9. The van der Waals surface area contributed by atoms with E-state index in [0.717, 1.165) is 17.0 Å². The largest absolute Gasteiger partial charge is 0.416 e. The van der Waals surface area contributed by atoms with Crippen molar-refractivity contribution >= 4 is 21.6 Å². The third kappa shape index (κ3) is 2.29. The van der Waals surface area contributed by atoms with Crippen LogP contribution in [0.15, 0.2) is 29.1 Å². The lowest BCUT2D eigenvalue weighted by atomic mass is 10.1. The molecule has 0 spiro atoms. The zero-order valence-electron chi connectivity index (χ0n) is 11.2. The second-order valence-electron chi connectivity index (χ2n) is 4.89. The van der Waals surface area contributed by atoms with E-state index in [-0.39, 0.29) is 5.43 Å². The summed E-state index contributed by atoms with van der Waals surface area (Å²) < 4.78 is 38.9. The van der Waals surface area contributed by atoms with Gasteiger partial charge in [0.1, 0.15) is 0 Å². The molecule has 2 nitrogen and oxygen atoms in total. The number of halogens is 3. The molecule has 1 heterocycles. The first-order chi connectivity index (χ1) is 9.77. The lowest BCUT2D eigenvalue weighted by Crippen LogP contribution is -2.09. The van der Waals surface area contributed by atoms with Crippen LogP contribution in [0.3, 0.4) is 0 Å². The van der Waals surface area contributed by atoms with Gasteiger partial charge in [-0.1, -0.05) is 0 Å². The summed E-state index contributed by atoms with van der Waals surface area (Å²) in [6.45, 7) is 3.44. The average Bonchev–Trinajstić information content (AvgIpc) is 2.42. The predicted octanol–water partition coefficient (Wildman–Crippen LogP) is 4.40. The fraction of sp³-hybridized carbons (Fsp3) is 0.200. The molecular weight excluding hydrogens is 299 g/mol. The Labute approximate surface area is 122 Å². The van der Waals surface area contributed by atoms with Crippen LogP contribution in [0.4, 0.5) is 13.2 Å². The van der Waals surface area contributed by atoms with E-state index in [2.05, 4.69) is 4.98 Å². The summed E-state index contributed by atoms with van der Waals surface area (Å²) in [7, 11) is 0. The molecule has 0 atom stereocenters. The molecule has 0 amide bonds. The SMILES string of the molecule is Cc1cc(=O)c(C)c2sc3ccc(C(F)(F)F)cc3nc1-2. The molecule has 0 radical (unpaired) electrons. The first-order valence-electron chi connectivity index (χ1n) is 6.19. The Morgan fingerprint density at radius 2 is 1.86 bits per heavy atom. The van der Waals surface area contributed by atoms with Crippen LogP contribution in [0.25, 0.3) is 20.8 Å². The standard InChI is InChI=1S/C15H10F3NOS/c1-7-5-11(20)8(2)14-13(7)19-10-6-9(15(16,17)18)3-4-12(10)21-14/h3-6H,1-2H3. The highest BCUT2D eigenvalue weighted by molar-refractivity contribution is 7.21. The molecule has 1 aliphatic carbocycles. The van der Waals surface area contributed by atoms with Gasteiger partial charge in [0.15, 0.2) is 5.43 Å². The van der Waals surface area contributed by atoms with Gasteiger partial charge in [-0.3, -0.25) is 4.79 Å². The molecule has 0 fully saturated rings. The third-order valence-corrected chi connectivity index (χ3v) is 4.65. The van der Waals surface area contributed by atoms with Crippen LogP contribution in [0.5, 0.6) is 0 Å². The summed E-state index contributed by atoms with van der Waals surface area (Å²) in [6, 6.07) is 4.96. The lowest BCUT2D eigenvalue weighted by molar-refractivity contribution is -0.137. The Morgan fingerprint density at radius 1 is 1.14 bits per heavy atom. The van der Waals surface area contributed by atoms with Crippen molar-refractivity contribution < 1.29 is 13.2 Å². The minimum Gasteiger partial charge on any atom is -0.290 e. The first kappa shape index (κ1) is 14.0. The Kier molecular flexibility index (Phi) is 3.02. The first-order valence-corrected chi connectivity index (χ1v) is 7.01. The van der Waals surface area contributed by atoms with E-state index in [1.54, 1.807) is 13.8 Å². The Morgan fingerprint density at radius 3 is 2.52 bits per heavy atom. The highest BCUT2D eigenvalue weighted by Gasteiger charge is 2.30. The zero-order valence-corrected chi connectivity index (χ0v) is 12.0. The Bertz CT molecular complexity index is 883. The van der Waals surface area contributed by atoms with Gasteiger partial charge in [0.2, 0.25) is 0 Å². The van der Waals surface area contributed by atoms with Crippen molar-refractivity contribution in [3.63, 3.8) is 0 Å². The number of hydrogen-bond acceptors (Lipinski definition) is 3. The number of hydrogen-bond donors (Lipinski definition) is 0. The molecule has 0 saturated heterocycles. The highest BCUT2D eigenvalue weighted by Crippen LogP contribution is 2.36. The molecule has 0 N–H and O–H groups in total. The van der Waals surface area contributed by atoms with Crippen molar-refractivity contribution in [1.29, 1.82) is 0 Å². The molecule has 108 valence electrons. The van der Waals surface area contributed by atoms with Gasteiger partial charge in [-0.15, -0.1) is 11.3 Å². The van der Waals surface area contributed by atoms with E-state index >= 15 is 0 Å². The second-order valence-corrected chi connectivity index (χ2v) is 5.94. The average molecular weight is 309 g/mol. The topological polar surface area (TPSA) is 30.0 Å². The molecule has 0 aromatic heterocycles. The number of nitrogens with zero attached hydrogens (tertiary/aromatic N) is 1. The monoisotopic (exact) mass is 309 g/mol. The molecule has 0 unspecified atom stereocenters. The lowest BCUT2D eigenvalue weighted by Gasteiger charge is -2.12. The van der Waals surface area contributed by atoms with Crippen molar-refractivity contribution in [2.75, 3.05) is 0 Å². The van der Waals surface area contributed by atoms with Gasteiger partial charge in [-0.05, 0) is 43.7 Å². The summed E-state index contributed by atoms with van der Waals surface area (Å²) in [6.07, 6.45) is -4.39. The number of alkyl halides is 3. The maximum atomic E-state index is 12.8. The molecule has 6 heteroatoms. The quantitative estimate of drug-likeness (QED) is 0.576. The van der Waals surface area contributed by atoms with Gasteiger partial charge in [0, 0.05) is 5.56 Å². The van der Waals surface area contributed by atoms with Crippen LogP contribution in [0, 0.1) is 13.8 Å². The van der Waals surface area contributed by atoms with Crippen LogP contribution < -0.4 is 5.43 Å². The molecule has 21 heavy (non-hydrogen) atoms. The Balaban J connectivity index is 2.39. The van der Waals surface area contributed by atoms with E-state index in [4.69, 9.17) is 0 Å². The maximum Gasteiger partial charge on any atom is 0.416 e. The van der Waals surface area contributed by atoms with Crippen LogP contribution in [-0.4, -0.2) is 4.98 Å². The number of fused-ring (bicyclic) bond motifs is 2. The summed E-state index contributed by atoms with van der Waals surface area (Å²) in [5, 5.41) is 0. The summed E-state index contributed by atoms with van der Waals surface area (Å²) in [5.74, 6) is 0. The van der Waals surface area contributed by atoms with E-state index in [1.807, 2.05) is 0 Å².